The lowest BCUT2D eigenvalue weighted by Crippen LogP contribution is -2.14. The summed E-state index contributed by atoms with van der Waals surface area (Å²) in [5, 5.41) is 2.61. The summed E-state index contributed by atoms with van der Waals surface area (Å²) in [6.45, 7) is 6.85. The zero-order valence-corrected chi connectivity index (χ0v) is 19.3. The molecule has 0 aliphatic rings. The first-order chi connectivity index (χ1) is 14.9. The van der Waals surface area contributed by atoms with Gasteiger partial charge in [0, 0.05) is 15.6 Å². The van der Waals surface area contributed by atoms with Gasteiger partial charge < -0.3 is 14.8 Å². The normalized spacial score (nSPS) is 10.8. The maximum atomic E-state index is 14.1. The van der Waals surface area contributed by atoms with Crippen molar-refractivity contribution in [3.8, 4) is 11.5 Å². The van der Waals surface area contributed by atoms with E-state index in [0.717, 1.165) is 16.9 Å². The summed E-state index contributed by atoms with van der Waals surface area (Å²) in [4.78, 5) is 12.7. The van der Waals surface area contributed by atoms with Gasteiger partial charge in [-0.2, -0.15) is 0 Å². The SMILES string of the molecule is CCOc1ccc(C(=O)Nc2ccc(Br)cc2F)cc1COc1ccccc1C(C)C. The molecule has 0 saturated carbocycles. The van der Waals surface area contributed by atoms with E-state index < -0.39 is 11.7 Å². The molecule has 3 rings (SSSR count). The minimum Gasteiger partial charge on any atom is -0.493 e. The number of hydrogen-bond acceptors (Lipinski definition) is 3. The van der Waals surface area contributed by atoms with Crippen molar-refractivity contribution in [2.24, 2.45) is 0 Å². The number of ether oxygens (including phenoxy) is 2. The number of hydrogen-bond donors (Lipinski definition) is 1. The molecule has 1 amide bonds. The topological polar surface area (TPSA) is 47.6 Å². The second-order valence-corrected chi connectivity index (χ2v) is 8.23. The average molecular weight is 486 g/mol. The molecule has 4 nitrogen and oxygen atoms in total. The van der Waals surface area contributed by atoms with Crippen LogP contribution in [-0.4, -0.2) is 12.5 Å². The van der Waals surface area contributed by atoms with E-state index in [1.165, 1.54) is 12.1 Å². The van der Waals surface area contributed by atoms with Crippen LogP contribution in [0.25, 0.3) is 0 Å². The van der Waals surface area contributed by atoms with Crippen molar-refractivity contribution < 1.29 is 18.7 Å². The largest absolute Gasteiger partial charge is 0.493 e. The molecule has 0 aliphatic heterocycles. The number of rotatable bonds is 8. The van der Waals surface area contributed by atoms with Gasteiger partial charge >= 0.3 is 0 Å². The third kappa shape index (κ3) is 5.85. The van der Waals surface area contributed by atoms with Gasteiger partial charge in [-0.05, 0) is 60.9 Å². The standard InChI is InChI=1S/C25H25BrFNO3/c1-4-30-23-12-9-17(25(29)28-22-11-10-19(26)14-21(22)27)13-18(23)15-31-24-8-6-5-7-20(24)16(2)3/h5-14,16H,4,15H2,1-3H3,(H,28,29). The molecule has 0 heterocycles. The number of carbonyl (C=O) groups is 1. The highest BCUT2D eigenvalue weighted by Crippen LogP contribution is 2.29. The van der Waals surface area contributed by atoms with E-state index in [4.69, 9.17) is 9.47 Å². The predicted octanol–water partition coefficient (Wildman–Crippen LogP) is 6.94. The molecule has 0 spiro atoms. The van der Waals surface area contributed by atoms with E-state index in [9.17, 15) is 9.18 Å². The van der Waals surface area contributed by atoms with Crippen molar-refractivity contribution in [2.45, 2.75) is 33.3 Å². The fourth-order valence-electron chi connectivity index (χ4n) is 3.16. The molecule has 0 saturated heterocycles. The van der Waals surface area contributed by atoms with E-state index in [1.807, 2.05) is 31.2 Å². The van der Waals surface area contributed by atoms with Gasteiger partial charge in [-0.3, -0.25) is 4.79 Å². The lowest BCUT2D eigenvalue weighted by Gasteiger charge is -2.16. The summed E-state index contributed by atoms with van der Waals surface area (Å²) in [7, 11) is 0. The Balaban J connectivity index is 1.83. The van der Waals surface area contributed by atoms with Gasteiger partial charge in [0.2, 0.25) is 0 Å². The van der Waals surface area contributed by atoms with Crippen LogP contribution in [0.3, 0.4) is 0 Å². The van der Waals surface area contributed by atoms with Crippen LogP contribution in [0.1, 0.15) is 48.2 Å². The van der Waals surface area contributed by atoms with Crippen LogP contribution in [0.5, 0.6) is 11.5 Å². The fourth-order valence-corrected chi connectivity index (χ4v) is 3.49. The summed E-state index contributed by atoms with van der Waals surface area (Å²) in [5.74, 6) is 0.846. The van der Waals surface area contributed by atoms with E-state index in [2.05, 4.69) is 35.1 Å². The molecule has 3 aromatic carbocycles. The second-order valence-electron chi connectivity index (χ2n) is 7.32. The molecule has 0 aliphatic carbocycles. The molecule has 0 fully saturated rings. The number of halogens is 2. The molecule has 162 valence electrons. The molecular weight excluding hydrogens is 461 g/mol. The van der Waals surface area contributed by atoms with Crippen molar-refractivity contribution in [3.05, 3.63) is 87.6 Å². The highest BCUT2D eigenvalue weighted by molar-refractivity contribution is 9.10. The number of anilines is 1. The zero-order valence-electron chi connectivity index (χ0n) is 17.7. The molecule has 31 heavy (non-hydrogen) atoms. The quantitative estimate of drug-likeness (QED) is 0.375. The van der Waals surface area contributed by atoms with Gasteiger partial charge in [-0.15, -0.1) is 0 Å². The highest BCUT2D eigenvalue weighted by Gasteiger charge is 2.14. The highest BCUT2D eigenvalue weighted by atomic mass is 79.9. The molecule has 0 unspecified atom stereocenters. The lowest BCUT2D eigenvalue weighted by molar-refractivity contribution is 0.102. The molecule has 1 N–H and O–H groups in total. The van der Waals surface area contributed by atoms with Crippen LogP contribution in [0, 0.1) is 5.82 Å². The summed E-state index contributed by atoms with van der Waals surface area (Å²) in [5.41, 5.74) is 2.36. The molecule has 0 radical (unpaired) electrons. The monoisotopic (exact) mass is 485 g/mol. The molecule has 0 aromatic heterocycles. The molecular formula is C25H25BrFNO3. The molecule has 3 aromatic rings. The van der Waals surface area contributed by atoms with Crippen molar-refractivity contribution in [1.82, 2.24) is 0 Å². The van der Waals surface area contributed by atoms with Crippen molar-refractivity contribution >= 4 is 27.5 Å². The Hall–Kier alpha value is -2.86. The Bertz CT molecular complexity index is 1070. The average Bonchev–Trinajstić information content (AvgIpc) is 2.75. The smallest absolute Gasteiger partial charge is 0.255 e. The van der Waals surface area contributed by atoms with Gasteiger partial charge in [-0.25, -0.2) is 4.39 Å². The van der Waals surface area contributed by atoms with Crippen LogP contribution in [0.4, 0.5) is 10.1 Å². The van der Waals surface area contributed by atoms with Gasteiger partial charge in [-0.1, -0.05) is 48.0 Å². The van der Waals surface area contributed by atoms with Crippen molar-refractivity contribution in [3.63, 3.8) is 0 Å². The Morgan fingerprint density at radius 1 is 1.03 bits per heavy atom. The summed E-state index contributed by atoms with van der Waals surface area (Å²) in [6, 6.07) is 17.5. The molecule has 0 bridgehead atoms. The van der Waals surface area contributed by atoms with Gasteiger partial charge in [0.25, 0.3) is 5.91 Å². The summed E-state index contributed by atoms with van der Waals surface area (Å²) in [6.07, 6.45) is 0. The summed E-state index contributed by atoms with van der Waals surface area (Å²) >= 11 is 3.21. The molecule has 0 atom stereocenters. The van der Waals surface area contributed by atoms with E-state index in [-0.39, 0.29) is 12.3 Å². The van der Waals surface area contributed by atoms with E-state index >= 15 is 0 Å². The molecule has 6 heteroatoms. The fraction of sp³-hybridized carbons (Fsp3) is 0.240. The first-order valence-electron chi connectivity index (χ1n) is 10.1. The Labute approximate surface area is 190 Å². The maximum Gasteiger partial charge on any atom is 0.255 e. The first-order valence-corrected chi connectivity index (χ1v) is 10.9. The Morgan fingerprint density at radius 3 is 2.52 bits per heavy atom. The minimum atomic E-state index is -0.512. The number of amides is 1. The van der Waals surface area contributed by atoms with Crippen LogP contribution < -0.4 is 14.8 Å². The van der Waals surface area contributed by atoms with Crippen LogP contribution >= 0.6 is 15.9 Å². The first kappa shape index (κ1) is 22.8. The van der Waals surface area contributed by atoms with Gasteiger partial charge in [0.15, 0.2) is 0 Å². The number of carbonyl (C=O) groups excluding carboxylic acids is 1. The number of para-hydroxylation sites is 1. The summed E-state index contributed by atoms with van der Waals surface area (Å²) < 4.78 is 26.5. The maximum absolute atomic E-state index is 14.1. The van der Waals surface area contributed by atoms with Gasteiger partial charge in [0.1, 0.15) is 23.9 Å². The second kappa shape index (κ2) is 10.4. The Morgan fingerprint density at radius 2 is 1.81 bits per heavy atom. The van der Waals surface area contributed by atoms with Gasteiger partial charge in [0.05, 0.1) is 12.3 Å². The zero-order chi connectivity index (χ0) is 22.4. The number of nitrogens with one attached hydrogen (secondary N) is 1. The van der Waals surface area contributed by atoms with Crippen LogP contribution in [0.2, 0.25) is 0 Å². The third-order valence-corrected chi connectivity index (χ3v) is 5.22. The number of benzene rings is 3. The van der Waals surface area contributed by atoms with Crippen LogP contribution in [0.15, 0.2) is 65.1 Å². The van der Waals surface area contributed by atoms with E-state index in [1.54, 1.807) is 24.3 Å². The predicted molar refractivity (Wildman–Crippen MR) is 125 cm³/mol. The van der Waals surface area contributed by atoms with Crippen LogP contribution in [-0.2, 0) is 6.61 Å². The minimum absolute atomic E-state index is 0.116. The van der Waals surface area contributed by atoms with Crippen molar-refractivity contribution in [1.29, 1.82) is 0 Å². The third-order valence-electron chi connectivity index (χ3n) is 4.73. The van der Waals surface area contributed by atoms with E-state index in [0.29, 0.717) is 28.3 Å². The Kier molecular flexibility index (Phi) is 7.69. The lowest BCUT2D eigenvalue weighted by atomic mass is 10.0. The van der Waals surface area contributed by atoms with Crippen molar-refractivity contribution in [2.75, 3.05) is 11.9 Å².